The molecule has 5 nitrogen and oxygen atoms in total. The summed E-state index contributed by atoms with van der Waals surface area (Å²) in [5.41, 5.74) is 2.63. The predicted molar refractivity (Wildman–Crippen MR) is 108 cm³/mol. The summed E-state index contributed by atoms with van der Waals surface area (Å²) in [6, 6.07) is 9.63. The Morgan fingerprint density at radius 3 is 2.54 bits per heavy atom. The van der Waals surface area contributed by atoms with E-state index < -0.39 is 0 Å². The fourth-order valence-corrected chi connectivity index (χ4v) is 3.54. The van der Waals surface area contributed by atoms with E-state index in [1.165, 1.54) is 11.1 Å². The number of nitrogens with one attached hydrogen (secondary N) is 2. The number of nitrogens with zero attached hydrogens (tertiary/aromatic N) is 2. The molecule has 0 bridgehead atoms. The minimum absolute atomic E-state index is 0.289. The van der Waals surface area contributed by atoms with Crippen LogP contribution in [-0.4, -0.2) is 56.3 Å². The van der Waals surface area contributed by atoms with Gasteiger partial charge in [0, 0.05) is 25.7 Å². The number of hydrogen-bond acceptors (Lipinski definition) is 3. The topological polar surface area (TPSA) is 48.9 Å². The van der Waals surface area contributed by atoms with Gasteiger partial charge in [-0.15, -0.1) is 0 Å². The molecule has 1 atom stereocenters. The normalized spacial score (nSPS) is 20.3. The van der Waals surface area contributed by atoms with Crippen molar-refractivity contribution < 1.29 is 4.74 Å². The molecule has 142 valence electrons. The molecule has 26 heavy (non-hydrogen) atoms. The third kappa shape index (κ3) is 5.32. The molecule has 1 saturated heterocycles. The van der Waals surface area contributed by atoms with Gasteiger partial charge in [0.2, 0.25) is 0 Å². The maximum Gasteiger partial charge on any atom is 0.191 e. The van der Waals surface area contributed by atoms with E-state index in [0.717, 1.165) is 58.2 Å². The van der Waals surface area contributed by atoms with Crippen molar-refractivity contribution in [2.45, 2.75) is 38.8 Å². The molecule has 5 heteroatoms. The number of rotatable bonds is 6. The Hall–Kier alpha value is -1.85. The molecule has 2 aliphatic rings. The van der Waals surface area contributed by atoms with Crippen LogP contribution in [0.4, 0.5) is 0 Å². The Morgan fingerprint density at radius 2 is 1.88 bits per heavy atom. The van der Waals surface area contributed by atoms with Crippen LogP contribution in [0.25, 0.3) is 0 Å². The smallest absolute Gasteiger partial charge is 0.191 e. The van der Waals surface area contributed by atoms with E-state index in [9.17, 15) is 0 Å². The van der Waals surface area contributed by atoms with Gasteiger partial charge in [0.25, 0.3) is 0 Å². The highest BCUT2D eigenvalue weighted by Crippen LogP contribution is 2.23. The van der Waals surface area contributed by atoms with Crippen LogP contribution < -0.4 is 10.6 Å². The third-order valence-electron chi connectivity index (χ3n) is 5.06. The SMILES string of the molecule is CCNC(=NCC(c1ccc(C)cc1)N1CCOCC1)NC1CC=CC1. The van der Waals surface area contributed by atoms with Crippen LogP contribution >= 0.6 is 0 Å². The number of aryl methyl sites for hydroxylation is 1. The van der Waals surface area contributed by atoms with E-state index in [-0.39, 0.29) is 6.04 Å². The molecule has 1 aromatic carbocycles. The van der Waals surface area contributed by atoms with Gasteiger partial charge < -0.3 is 15.4 Å². The highest BCUT2D eigenvalue weighted by atomic mass is 16.5. The summed E-state index contributed by atoms with van der Waals surface area (Å²) >= 11 is 0. The Labute approximate surface area is 157 Å². The molecule has 1 aliphatic heterocycles. The quantitative estimate of drug-likeness (QED) is 0.467. The van der Waals surface area contributed by atoms with Crippen LogP contribution in [-0.2, 0) is 4.74 Å². The van der Waals surface area contributed by atoms with E-state index in [1.54, 1.807) is 0 Å². The number of aliphatic imine (C=N–C) groups is 1. The van der Waals surface area contributed by atoms with Gasteiger partial charge in [0.15, 0.2) is 5.96 Å². The highest BCUT2D eigenvalue weighted by molar-refractivity contribution is 5.80. The Morgan fingerprint density at radius 1 is 1.19 bits per heavy atom. The van der Waals surface area contributed by atoms with Gasteiger partial charge >= 0.3 is 0 Å². The zero-order valence-corrected chi connectivity index (χ0v) is 16.1. The second kappa shape index (κ2) is 9.74. The molecule has 0 spiro atoms. The summed E-state index contributed by atoms with van der Waals surface area (Å²) in [6.07, 6.45) is 6.64. The Kier molecular flexibility index (Phi) is 7.09. The number of morpholine rings is 1. The molecule has 1 aliphatic carbocycles. The minimum atomic E-state index is 0.289. The largest absolute Gasteiger partial charge is 0.379 e. The second-order valence-corrected chi connectivity index (χ2v) is 7.08. The second-order valence-electron chi connectivity index (χ2n) is 7.08. The maximum absolute atomic E-state index is 5.55. The van der Waals surface area contributed by atoms with E-state index >= 15 is 0 Å². The third-order valence-corrected chi connectivity index (χ3v) is 5.06. The van der Waals surface area contributed by atoms with Gasteiger partial charge in [-0.3, -0.25) is 9.89 Å². The first-order valence-corrected chi connectivity index (χ1v) is 9.84. The summed E-state index contributed by atoms with van der Waals surface area (Å²) < 4.78 is 5.55. The van der Waals surface area contributed by atoms with Crippen LogP contribution in [0.5, 0.6) is 0 Å². The van der Waals surface area contributed by atoms with Gasteiger partial charge in [-0.1, -0.05) is 42.0 Å². The summed E-state index contributed by atoms with van der Waals surface area (Å²) in [5, 5.41) is 6.97. The zero-order valence-electron chi connectivity index (χ0n) is 16.1. The summed E-state index contributed by atoms with van der Waals surface area (Å²) in [5.74, 6) is 0.923. The molecule has 0 aromatic heterocycles. The van der Waals surface area contributed by atoms with Gasteiger partial charge in [0.05, 0.1) is 25.8 Å². The minimum Gasteiger partial charge on any atom is -0.379 e. The number of hydrogen-bond donors (Lipinski definition) is 2. The molecular weight excluding hydrogens is 324 g/mol. The van der Waals surface area contributed by atoms with Crippen LogP contribution in [0.2, 0.25) is 0 Å². The van der Waals surface area contributed by atoms with Crippen LogP contribution in [0.15, 0.2) is 41.4 Å². The monoisotopic (exact) mass is 356 g/mol. The molecule has 0 saturated carbocycles. The Balaban J connectivity index is 1.72. The van der Waals surface area contributed by atoms with E-state index in [1.807, 2.05) is 0 Å². The molecule has 2 N–H and O–H groups in total. The van der Waals surface area contributed by atoms with Gasteiger partial charge in [-0.05, 0) is 32.3 Å². The lowest BCUT2D eigenvalue weighted by Crippen LogP contribution is -2.44. The van der Waals surface area contributed by atoms with E-state index in [2.05, 4.69) is 65.8 Å². The molecule has 1 heterocycles. The lowest BCUT2D eigenvalue weighted by atomic mass is 10.0. The summed E-state index contributed by atoms with van der Waals surface area (Å²) in [6.45, 7) is 9.40. The lowest BCUT2D eigenvalue weighted by Gasteiger charge is -2.34. The molecule has 1 fully saturated rings. The van der Waals surface area contributed by atoms with Gasteiger partial charge in [-0.25, -0.2) is 0 Å². The van der Waals surface area contributed by atoms with Crippen molar-refractivity contribution in [2.24, 2.45) is 4.99 Å². The number of benzene rings is 1. The van der Waals surface area contributed by atoms with Crippen LogP contribution in [0.1, 0.15) is 36.9 Å². The molecule has 1 aromatic rings. The van der Waals surface area contributed by atoms with Crippen molar-refractivity contribution in [1.29, 1.82) is 0 Å². The highest BCUT2D eigenvalue weighted by Gasteiger charge is 2.23. The number of guanidine groups is 1. The Bertz CT molecular complexity index is 597. The zero-order chi connectivity index (χ0) is 18.2. The lowest BCUT2D eigenvalue weighted by molar-refractivity contribution is 0.0179. The average molecular weight is 357 g/mol. The fraction of sp³-hybridized carbons (Fsp3) is 0.571. The fourth-order valence-electron chi connectivity index (χ4n) is 3.54. The van der Waals surface area contributed by atoms with E-state index in [4.69, 9.17) is 9.73 Å². The van der Waals surface area contributed by atoms with Crippen LogP contribution in [0, 0.1) is 6.92 Å². The van der Waals surface area contributed by atoms with E-state index in [0.29, 0.717) is 6.04 Å². The molecule has 0 radical (unpaired) electrons. The molecule has 1 unspecified atom stereocenters. The maximum atomic E-state index is 5.55. The van der Waals surface area contributed by atoms with Crippen molar-refractivity contribution in [3.05, 3.63) is 47.5 Å². The van der Waals surface area contributed by atoms with Crippen LogP contribution in [0.3, 0.4) is 0 Å². The first-order chi connectivity index (χ1) is 12.8. The first-order valence-electron chi connectivity index (χ1n) is 9.84. The molecule has 0 amide bonds. The average Bonchev–Trinajstić information content (AvgIpc) is 3.17. The number of ether oxygens (including phenoxy) is 1. The van der Waals surface area contributed by atoms with Gasteiger partial charge in [-0.2, -0.15) is 0 Å². The molecular formula is C21H32N4O. The van der Waals surface area contributed by atoms with Crippen molar-refractivity contribution in [1.82, 2.24) is 15.5 Å². The first kappa shape index (κ1) is 18.9. The molecule has 3 rings (SSSR count). The van der Waals surface area contributed by atoms with Gasteiger partial charge in [0.1, 0.15) is 0 Å². The van der Waals surface area contributed by atoms with Crippen molar-refractivity contribution in [2.75, 3.05) is 39.4 Å². The van der Waals surface area contributed by atoms with Crippen molar-refractivity contribution in [3.8, 4) is 0 Å². The van der Waals surface area contributed by atoms with Crippen molar-refractivity contribution in [3.63, 3.8) is 0 Å². The summed E-state index contributed by atoms with van der Waals surface area (Å²) in [7, 11) is 0. The van der Waals surface area contributed by atoms with Crippen molar-refractivity contribution >= 4 is 5.96 Å². The summed E-state index contributed by atoms with van der Waals surface area (Å²) in [4.78, 5) is 7.43. The predicted octanol–water partition coefficient (Wildman–Crippen LogP) is 2.64. The standard InChI is InChI=1S/C21H32N4O/c1-3-22-21(24-19-6-4-5-7-19)23-16-20(25-12-14-26-15-13-25)18-10-8-17(2)9-11-18/h4-5,8-11,19-20H,3,6-7,12-16H2,1-2H3,(H2,22,23,24).